The van der Waals surface area contributed by atoms with Crippen LogP contribution in [0.15, 0.2) is 67.3 Å². The SMILES string of the molecule is C=CC(=O)c1cc(C)ccc1-c1cc(OC)c(OC)c(OC)c1.COc1c(C)c(C)cc2c1CCC(=O)c1cc(C)ccc1-2.O=C=O.O=C=O. The summed E-state index contributed by atoms with van der Waals surface area (Å²) in [5.74, 6) is 2.63. The summed E-state index contributed by atoms with van der Waals surface area (Å²) < 4.78 is 21.7. The Bertz CT molecular complexity index is 1910. The number of ketones is 2. The van der Waals surface area contributed by atoms with Gasteiger partial charge >= 0.3 is 12.3 Å². The van der Waals surface area contributed by atoms with Crippen molar-refractivity contribution in [2.24, 2.45) is 0 Å². The largest absolute Gasteiger partial charge is 0.496 e. The third kappa shape index (κ3) is 9.29. The topological polar surface area (TPSA) is 139 Å². The summed E-state index contributed by atoms with van der Waals surface area (Å²) in [6.45, 7) is 11.7. The summed E-state index contributed by atoms with van der Waals surface area (Å²) in [5.41, 5.74) is 10.9. The van der Waals surface area contributed by atoms with Crippen LogP contribution in [0.4, 0.5) is 0 Å². The molecular weight excluding hydrogens is 640 g/mol. The number of Topliss-reactive ketones (excluding diaryl/α,β-unsaturated/α-hetero) is 1. The Morgan fingerprint density at radius 3 is 1.68 bits per heavy atom. The van der Waals surface area contributed by atoms with Crippen LogP contribution in [0.1, 0.15) is 55.0 Å². The fourth-order valence-corrected chi connectivity index (χ4v) is 5.66. The number of rotatable bonds is 7. The maximum atomic E-state index is 12.5. The number of aryl methyl sites for hydroxylation is 3. The summed E-state index contributed by atoms with van der Waals surface area (Å²) in [7, 11) is 6.39. The highest BCUT2D eigenvalue weighted by Crippen LogP contribution is 2.43. The van der Waals surface area contributed by atoms with Crippen LogP contribution in [-0.2, 0) is 25.6 Å². The van der Waals surface area contributed by atoms with Crippen molar-refractivity contribution in [2.75, 3.05) is 28.4 Å². The fraction of sp³-hybridized carbons (Fsp3) is 0.250. The van der Waals surface area contributed by atoms with Crippen LogP contribution in [0.5, 0.6) is 23.0 Å². The minimum Gasteiger partial charge on any atom is -0.496 e. The van der Waals surface area contributed by atoms with E-state index in [1.807, 2.05) is 50.2 Å². The van der Waals surface area contributed by atoms with Crippen LogP contribution in [0.25, 0.3) is 22.3 Å². The molecule has 50 heavy (non-hydrogen) atoms. The van der Waals surface area contributed by atoms with Crippen molar-refractivity contribution in [3.63, 3.8) is 0 Å². The molecule has 1 aliphatic carbocycles. The summed E-state index contributed by atoms with van der Waals surface area (Å²) >= 11 is 0. The molecule has 4 aromatic rings. The molecule has 4 aromatic carbocycles. The van der Waals surface area contributed by atoms with Gasteiger partial charge in [-0.2, -0.15) is 19.2 Å². The van der Waals surface area contributed by atoms with Gasteiger partial charge in [0, 0.05) is 23.1 Å². The molecular formula is C40H40O10. The summed E-state index contributed by atoms with van der Waals surface area (Å²) in [6, 6.07) is 17.7. The lowest BCUT2D eigenvalue weighted by molar-refractivity contribution is -0.193. The molecule has 10 heteroatoms. The Morgan fingerprint density at radius 2 is 1.18 bits per heavy atom. The van der Waals surface area contributed by atoms with E-state index in [-0.39, 0.29) is 23.9 Å². The van der Waals surface area contributed by atoms with Crippen LogP contribution in [-0.4, -0.2) is 52.3 Å². The number of hydrogen-bond acceptors (Lipinski definition) is 10. The van der Waals surface area contributed by atoms with Gasteiger partial charge in [0.25, 0.3) is 0 Å². The van der Waals surface area contributed by atoms with E-state index >= 15 is 0 Å². The Hall–Kier alpha value is -6.08. The van der Waals surface area contributed by atoms with E-state index in [0.29, 0.717) is 29.2 Å². The summed E-state index contributed by atoms with van der Waals surface area (Å²) in [5, 5.41) is 0. The molecule has 5 rings (SSSR count). The first-order valence-corrected chi connectivity index (χ1v) is 15.3. The average molecular weight is 681 g/mol. The van der Waals surface area contributed by atoms with Crippen molar-refractivity contribution in [2.45, 2.75) is 40.5 Å². The normalized spacial score (nSPS) is 10.6. The molecule has 0 aliphatic heterocycles. The highest BCUT2D eigenvalue weighted by atomic mass is 16.5. The first-order valence-electron chi connectivity index (χ1n) is 15.3. The Morgan fingerprint density at radius 1 is 0.660 bits per heavy atom. The van der Waals surface area contributed by atoms with Gasteiger partial charge in [0.05, 0.1) is 28.4 Å². The fourth-order valence-electron chi connectivity index (χ4n) is 5.66. The molecule has 0 saturated heterocycles. The first kappa shape index (κ1) is 40.1. The number of carbonyl (C=O) groups excluding carboxylic acids is 6. The highest BCUT2D eigenvalue weighted by molar-refractivity contribution is 6.09. The third-order valence-electron chi connectivity index (χ3n) is 8.07. The van der Waals surface area contributed by atoms with Crippen molar-refractivity contribution in [3.8, 4) is 45.3 Å². The number of allylic oxidation sites excluding steroid dienone is 1. The van der Waals surface area contributed by atoms with Crippen LogP contribution >= 0.6 is 0 Å². The van der Waals surface area contributed by atoms with Gasteiger partial charge in [0.2, 0.25) is 5.75 Å². The van der Waals surface area contributed by atoms with Crippen LogP contribution in [0, 0.1) is 27.7 Å². The average Bonchev–Trinajstić information content (AvgIpc) is 3.24. The second kappa shape index (κ2) is 19.1. The summed E-state index contributed by atoms with van der Waals surface area (Å²) in [6.07, 6.45) is 3.10. The van der Waals surface area contributed by atoms with Crippen molar-refractivity contribution >= 4 is 23.9 Å². The molecule has 0 unspecified atom stereocenters. The van der Waals surface area contributed by atoms with Gasteiger partial charge in [-0.1, -0.05) is 48.0 Å². The maximum Gasteiger partial charge on any atom is 0.373 e. The molecule has 0 fully saturated rings. The minimum atomic E-state index is -0.127. The number of hydrogen-bond donors (Lipinski definition) is 0. The predicted octanol–water partition coefficient (Wildman–Crippen LogP) is 7.31. The summed E-state index contributed by atoms with van der Waals surface area (Å²) in [4.78, 5) is 57.1. The zero-order valence-corrected chi connectivity index (χ0v) is 29.5. The highest BCUT2D eigenvalue weighted by Gasteiger charge is 2.24. The molecule has 0 radical (unpaired) electrons. The smallest absolute Gasteiger partial charge is 0.373 e. The van der Waals surface area contributed by atoms with Crippen LogP contribution in [0.2, 0.25) is 0 Å². The van der Waals surface area contributed by atoms with Gasteiger partial charge in [-0.3, -0.25) is 9.59 Å². The van der Waals surface area contributed by atoms with Crippen LogP contribution in [0.3, 0.4) is 0 Å². The molecule has 0 N–H and O–H groups in total. The lowest BCUT2D eigenvalue weighted by Gasteiger charge is -2.17. The monoisotopic (exact) mass is 680 g/mol. The predicted molar refractivity (Wildman–Crippen MR) is 186 cm³/mol. The van der Waals surface area contributed by atoms with E-state index in [4.69, 9.17) is 38.1 Å². The molecule has 0 atom stereocenters. The molecule has 1 aliphatic rings. The Labute approximate surface area is 291 Å². The van der Waals surface area contributed by atoms with Gasteiger partial charge in [-0.25, -0.2) is 0 Å². The van der Waals surface area contributed by atoms with E-state index < -0.39 is 0 Å². The number of carbonyl (C=O) groups is 2. The van der Waals surface area contributed by atoms with E-state index in [1.54, 1.807) is 28.4 Å². The van der Waals surface area contributed by atoms with Gasteiger partial charge in [-0.15, -0.1) is 0 Å². The maximum absolute atomic E-state index is 12.5. The molecule has 10 nitrogen and oxygen atoms in total. The number of fused-ring (bicyclic) bond motifs is 3. The van der Waals surface area contributed by atoms with Gasteiger partial charge in [0.15, 0.2) is 23.1 Å². The molecule has 0 heterocycles. The zero-order valence-electron chi connectivity index (χ0n) is 29.5. The quantitative estimate of drug-likeness (QED) is 0.144. The van der Waals surface area contributed by atoms with Gasteiger partial charge in [-0.05, 0) is 97.8 Å². The molecule has 0 amide bonds. The second-order valence-corrected chi connectivity index (χ2v) is 11.0. The van der Waals surface area contributed by atoms with E-state index in [0.717, 1.165) is 56.7 Å². The van der Waals surface area contributed by atoms with Crippen molar-refractivity contribution in [3.05, 3.63) is 106 Å². The number of benzene rings is 4. The van der Waals surface area contributed by atoms with E-state index in [2.05, 4.69) is 38.6 Å². The molecule has 0 saturated carbocycles. The van der Waals surface area contributed by atoms with Gasteiger partial charge < -0.3 is 18.9 Å². The van der Waals surface area contributed by atoms with Gasteiger partial charge in [0.1, 0.15) is 5.75 Å². The van der Waals surface area contributed by atoms with Crippen LogP contribution < -0.4 is 18.9 Å². The molecule has 0 bridgehead atoms. The Balaban J connectivity index is 0.000000300. The standard InChI is InChI=1S/C19H20O4.C19H20O2.2CO2/c1-6-16(20)15-9-12(2)7-8-14(15)13-10-17(21-3)19(23-5)18(11-13)22-4;1-11-5-6-14-16-10-12(2)13(3)19(21-4)15(16)7-8-18(20)17(14)9-11;2*2-1-3/h6-11H,1H2,2-5H3;5-6,9-10H,7-8H2,1-4H3;;. The second-order valence-electron chi connectivity index (χ2n) is 11.0. The van der Waals surface area contributed by atoms with Crippen molar-refractivity contribution in [1.29, 1.82) is 0 Å². The third-order valence-corrected chi connectivity index (χ3v) is 8.07. The molecule has 0 spiro atoms. The van der Waals surface area contributed by atoms with Crippen molar-refractivity contribution < 1.29 is 47.7 Å². The lowest BCUT2D eigenvalue weighted by Crippen LogP contribution is -2.00. The zero-order chi connectivity index (χ0) is 37.5. The van der Waals surface area contributed by atoms with E-state index in [9.17, 15) is 9.59 Å². The number of methoxy groups -OCH3 is 4. The minimum absolute atomic E-state index is 0.127. The van der Waals surface area contributed by atoms with E-state index in [1.165, 1.54) is 17.2 Å². The Kier molecular flexibility index (Phi) is 15.3. The lowest BCUT2D eigenvalue weighted by atomic mass is 9.91. The molecule has 260 valence electrons. The van der Waals surface area contributed by atoms with Crippen molar-refractivity contribution in [1.82, 2.24) is 0 Å². The number of ether oxygens (including phenoxy) is 4. The molecule has 0 aromatic heterocycles. The first-order chi connectivity index (χ1) is 23.9.